The van der Waals surface area contributed by atoms with Crippen LogP contribution in [-0.2, 0) is 10.0 Å². The van der Waals surface area contributed by atoms with Crippen LogP contribution in [0.1, 0.15) is 16.8 Å². The van der Waals surface area contributed by atoms with Gasteiger partial charge in [0.2, 0.25) is 16.0 Å². The van der Waals surface area contributed by atoms with Crippen molar-refractivity contribution in [2.24, 2.45) is 0 Å². The Hall–Kier alpha value is -4.33. The van der Waals surface area contributed by atoms with E-state index in [0.717, 1.165) is 16.2 Å². The Morgan fingerprint density at radius 1 is 1.10 bits per heavy atom. The van der Waals surface area contributed by atoms with Crippen molar-refractivity contribution in [3.8, 4) is 28.4 Å². The molecule has 1 aliphatic rings. The first-order chi connectivity index (χ1) is 18.8. The van der Waals surface area contributed by atoms with Gasteiger partial charge in [-0.25, -0.2) is 28.2 Å². The summed E-state index contributed by atoms with van der Waals surface area (Å²) in [6, 6.07) is 13.6. The van der Waals surface area contributed by atoms with E-state index in [1.807, 2.05) is 22.0 Å². The molecule has 0 spiro atoms. The van der Waals surface area contributed by atoms with Crippen LogP contribution in [-0.4, -0.2) is 67.4 Å². The molecule has 0 unspecified atom stereocenters. The quantitative estimate of drug-likeness (QED) is 0.269. The molecular weight excluding hydrogens is 540 g/mol. The van der Waals surface area contributed by atoms with Gasteiger partial charge in [-0.2, -0.15) is 4.31 Å². The number of imidazole rings is 1. The van der Waals surface area contributed by atoms with Gasteiger partial charge in [-0.15, -0.1) is 11.3 Å². The van der Waals surface area contributed by atoms with Gasteiger partial charge in [0.25, 0.3) is 0 Å². The molecular formula is C26H22N6O5S2. The van der Waals surface area contributed by atoms with Crippen LogP contribution in [0, 0.1) is 0 Å². The number of carboxylic acids is 1. The van der Waals surface area contributed by atoms with E-state index in [4.69, 9.17) is 15.1 Å². The number of anilines is 1. The Balaban J connectivity index is 1.24. The summed E-state index contributed by atoms with van der Waals surface area (Å²) in [4.78, 5) is 25.8. The Kier molecular flexibility index (Phi) is 6.25. The van der Waals surface area contributed by atoms with Gasteiger partial charge < -0.3 is 15.5 Å². The van der Waals surface area contributed by atoms with Crippen molar-refractivity contribution in [1.82, 2.24) is 23.7 Å². The van der Waals surface area contributed by atoms with Crippen LogP contribution in [0.2, 0.25) is 0 Å². The number of carboxylic acid groups (broad SMARTS) is 1. The molecule has 1 aliphatic heterocycles. The monoisotopic (exact) mass is 562 g/mol. The Morgan fingerprint density at radius 2 is 1.92 bits per heavy atom. The van der Waals surface area contributed by atoms with E-state index < -0.39 is 16.0 Å². The van der Waals surface area contributed by atoms with Gasteiger partial charge in [0.15, 0.2) is 4.96 Å². The Labute approximate surface area is 227 Å². The molecule has 0 radical (unpaired) electrons. The van der Waals surface area contributed by atoms with E-state index in [9.17, 15) is 18.3 Å². The smallest absolute Gasteiger partial charge is 0.335 e. The van der Waals surface area contributed by atoms with Crippen LogP contribution in [0.3, 0.4) is 0 Å². The highest BCUT2D eigenvalue weighted by molar-refractivity contribution is 7.89. The summed E-state index contributed by atoms with van der Waals surface area (Å²) in [7, 11) is -3.78. The van der Waals surface area contributed by atoms with Gasteiger partial charge in [-0.3, -0.25) is 4.40 Å². The molecule has 4 heterocycles. The Morgan fingerprint density at radius 3 is 2.69 bits per heavy atom. The maximum absolute atomic E-state index is 13.1. The summed E-state index contributed by atoms with van der Waals surface area (Å²) in [5.74, 6) is -0.621. The summed E-state index contributed by atoms with van der Waals surface area (Å²) >= 11 is 1.49. The number of fused-ring (bicyclic) bond motifs is 1. The number of sulfonamides is 1. The van der Waals surface area contributed by atoms with E-state index in [2.05, 4.69) is 10.3 Å². The van der Waals surface area contributed by atoms with Gasteiger partial charge in [0.05, 0.1) is 21.8 Å². The van der Waals surface area contributed by atoms with Gasteiger partial charge >= 0.3 is 5.97 Å². The molecule has 0 bridgehead atoms. The van der Waals surface area contributed by atoms with Crippen molar-refractivity contribution in [2.45, 2.75) is 17.4 Å². The molecule has 39 heavy (non-hydrogen) atoms. The summed E-state index contributed by atoms with van der Waals surface area (Å²) < 4.78 is 29.5. The maximum Gasteiger partial charge on any atom is 0.335 e. The molecule has 0 saturated carbocycles. The molecule has 1 saturated heterocycles. The van der Waals surface area contributed by atoms with E-state index >= 15 is 0 Å². The molecule has 11 nitrogen and oxygen atoms in total. The molecule has 1 fully saturated rings. The fourth-order valence-electron chi connectivity index (χ4n) is 4.61. The number of phenols is 1. The number of aromatic carboxylic acids is 1. The van der Waals surface area contributed by atoms with E-state index in [1.165, 1.54) is 39.9 Å². The number of nitrogens with zero attached hydrogens (tertiary/aromatic N) is 5. The molecule has 13 heteroatoms. The predicted molar refractivity (Wildman–Crippen MR) is 145 cm³/mol. The summed E-state index contributed by atoms with van der Waals surface area (Å²) in [6.45, 7) is 0.521. The lowest BCUT2D eigenvalue weighted by Gasteiger charge is -2.17. The van der Waals surface area contributed by atoms with Crippen molar-refractivity contribution < 1.29 is 23.4 Å². The highest BCUT2D eigenvalue weighted by atomic mass is 32.2. The number of thiazole rings is 1. The molecule has 2 aromatic carbocycles. The number of nitrogens with one attached hydrogen (secondary N) is 1. The van der Waals surface area contributed by atoms with Gasteiger partial charge in [0, 0.05) is 42.5 Å². The van der Waals surface area contributed by atoms with Gasteiger partial charge in [-0.1, -0.05) is 12.1 Å². The van der Waals surface area contributed by atoms with Crippen molar-refractivity contribution in [3.05, 3.63) is 77.9 Å². The third-order valence-corrected chi connectivity index (χ3v) is 9.14. The zero-order valence-corrected chi connectivity index (χ0v) is 21.9. The number of aromatic hydroxyl groups is 1. The second-order valence-electron chi connectivity index (χ2n) is 9.00. The van der Waals surface area contributed by atoms with Crippen molar-refractivity contribution >= 4 is 38.2 Å². The molecule has 3 N–H and O–H groups in total. The maximum atomic E-state index is 13.1. The zero-order chi connectivity index (χ0) is 27.1. The molecule has 1 atom stereocenters. The minimum atomic E-state index is -3.78. The van der Waals surface area contributed by atoms with Crippen molar-refractivity contribution in [2.75, 3.05) is 18.4 Å². The first-order valence-corrected chi connectivity index (χ1v) is 14.3. The fraction of sp³-hybridized carbons (Fsp3) is 0.154. The number of hydrogen-bond donors (Lipinski definition) is 3. The number of aromatic nitrogens is 4. The number of rotatable bonds is 7. The first-order valence-electron chi connectivity index (χ1n) is 12.0. The molecule has 5 aromatic rings. The second-order valence-corrected chi connectivity index (χ2v) is 11.8. The average molecular weight is 563 g/mol. The van der Waals surface area contributed by atoms with Crippen LogP contribution in [0.15, 0.2) is 77.3 Å². The number of benzene rings is 2. The summed E-state index contributed by atoms with van der Waals surface area (Å²) in [5.41, 5.74) is 2.83. The highest BCUT2D eigenvalue weighted by Gasteiger charge is 2.33. The number of carbonyl (C=O) groups is 1. The second kappa shape index (κ2) is 9.76. The fourth-order valence-corrected chi connectivity index (χ4v) is 6.82. The Bertz CT molecular complexity index is 1800. The van der Waals surface area contributed by atoms with E-state index in [0.29, 0.717) is 30.3 Å². The van der Waals surface area contributed by atoms with Crippen LogP contribution in [0.4, 0.5) is 5.95 Å². The minimum Gasteiger partial charge on any atom is -0.508 e. The number of phenolic OH excluding ortho intramolecular Hbond substituents is 1. The third-order valence-electron chi connectivity index (χ3n) is 6.50. The van der Waals surface area contributed by atoms with Crippen molar-refractivity contribution in [1.29, 1.82) is 0 Å². The van der Waals surface area contributed by atoms with Gasteiger partial charge in [-0.05, 0) is 48.9 Å². The van der Waals surface area contributed by atoms with Crippen molar-refractivity contribution in [3.63, 3.8) is 0 Å². The molecule has 3 aromatic heterocycles. The summed E-state index contributed by atoms with van der Waals surface area (Å²) in [6.07, 6.45) is 4.10. The van der Waals surface area contributed by atoms with Crippen LogP contribution < -0.4 is 5.32 Å². The van der Waals surface area contributed by atoms with Crippen LogP contribution in [0.5, 0.6) is 5.75 Å². The lowest BCUT2D eigenvalue weighted by Crippen LogP contribution is -2.32. The van der Waals surface area contributed by atoms with E-state index in [1.54, 1.807) is 30.5 Å². The molecule has 6 rings (SSSR count). The molecule has 0 amide bonds. The van der Waals surface area contributed by atoms with E-state index in [-0.39, 0.29) is 28.8 Å². The van der Waals surface area contributed by atoms with Crippen LogP contribution in [0.25, 0.3) is 27.6 Å². The molecule has 0 aliphatic carbocycles. The predicted octanol–water partition coefficient (Wildman–Crippen LogP) is 3.80. The lowest BCUT2D eigenvalue weighted by atomic mass is 10.1. The zero-order valence-electron chi connectivity index (χ0n) is 20.3. The van der Waals surface area contributed by atoms with Gasteiger partial charge in [0.1, 0.15) is 11.4 Å². The largest absolute Gasteiger partial charge is 0.508 e. The SMILES string of the molecule is O=C(O)c1ccc(S(=O)(=O)N2CC[C@@H](Nc3nccc(-c4c(-c5cccc(O)c5)nc5sccn45)n3)C2)cc1. The average Bonchev–Trinajstić information content (AvgIpc) is 3.66. The lowest BCUT2D eigenvalue weighted by molar-refractivity contribution is 0.0696. The molecule has 198 valence electrons. The minimum absolute atomic E-state index is 0.0251. The standard InChI is InChI=1S/C26H22N6O5S2/c33-19-3-1-2-17(14-19)22-23(32-12-13-38-26(32)30-22)21-8-10-27-25(29-21)28-18-9-11-31(15-18)39(36,37)20-6-4-16(5-7-20)24(34)35/h1-8,10,12-14,18,33H,9,11,15H2,(H,34,35)(H,27,28,29)/t18-/m1/s1. The topological polar surface area (TPSA) is 150 Å². The summed E-state index contributed by atoms with van der Waals surface area (Å²) in [5, 5.41) is 24.3. The first kappa shape index (κ1) is 25.0. The normalized spacial score (nSPS) is 16.1. The third kappa shape index (κ3) is 4.71. The highest BCUT2D eigenvalue weighted by Crippen LogP contribution is 2.35. The number of hydrogen-bond acceptors (Lipinski definition) is 9. The van der Waals surface area contributed by atoms with Crippen LogP contribution >= 0.6 is 11.3 Å².